The van der Waals surface area contributed by atoms with E-state index in [2.05, 4.69) is 10.1 Å². The first kappa shape index (κ1) is 18.8. The largest absolute Gasteiger partial charge is 0.497 e. The summed E-state index contributed by atoms with van der Waals surface area (Å²) in [5.74, 6) is -1.55. The summed E-state index contributed by atoms with van der Waals surface area (Å²) in [7, 11) is 2.75. The number of carbonyl (C=O) groups is 4. The molecule has 1 heterocycles. The predicted octanol–water partition coefficient (Wildman–Crippen LogP) is 2.15. The Bertz CT molecular complexity index is 994. The molecule has 0 spiro atoms. The molecule has 4 amide bonds. The van der Waals surface area contributed by atoms with E-state index in [1.165, 1.54) is 44.6 Å². The molecule has 1 saturated heterocycles. The van der Waals surface area contributed by atoms with Crippen molar-refractivity contribution in [2.45, 2.75) is 0 Å². The fraction of sp³-hybridized carbons (Fsp3) is 0.100. The summed E-state index contributed by atoms with van der Waals surface area (Å²) >= 11 is 0. The van der Waals surface area contributed by atoms with Crippen LogP contribution in [0.15, 0.2) is 54.1 Å². The maximum Gasteiger partial charge on any atom is 0.337 e. The van der Waals surface area contributed by atoms with Crippen LogP contribution in [0.1, 0.15) is 15.9 Å². The third kappa shape index (κ3) is 3.61. The lowest BCUT2D eigenvalue weighted by atomic mass is 10.1. The van der Waals surface area contributed by atoms with Crippen LogP contribution in [0.4, 0.5) is 10.5 Å². The number of hydrogen-bond acceptors (Lipinski definition) is 6. The first-order valence-corrected chi connectivity index (χ1v) is 8.18. The van der Waals surface area contributed by atoms with Crippen molar-refractivity contribution >= 4 is 35.6 Å². The maximum atomic E-state index is 12.8. The zero-order valence-electron chi connectivity index (χ0n) is 15.1. The number of ether oxygens (including phenoxy) is 2. The van der Waals surface area contributed by atoms with Gasteiger partial charge in [-0.1, -0.05) is 12.1 Å². The van der Waals surface area contributed by atoms with E-state index in [1.54, 1.807) is 24.3 Å². The summed E-state index contributed by atoms with van der Waals surface area (Å²) in [5.41, 5.74) is 0.830. The summed E-state index contributed by atoms with van der Waals surface area (Å²) in [6.07, 6.45) is 1.38. The van der Waals surface area contributed by atoms with Crippen LogP contribution in [0.2, 0.25) is 0 Å². The summed E-state index contributed by atoms with van der Waals surface area (Å²) < 4.78 is 9.75. The Hall–Kier alpha value is -3.94. The normalized spacial score (nSPS) is 15.4. The molecule has 8 nitrogen and oxygen atoms in total. The molecular weight excluding hydrogens is 364 g/mol. The van der Waals surface area contributed by atoms with Crippen LogP contribution in [-0.4, -0.2) is 38.0 Å². The highest BCUT2D eigenvalue weighted by Crippen LogP contribution is 2.23. The van der Waals surface area contributed by atoms with E-state index >= 15 is 0 Å². The molecule has 0 unspecified atom stereocenters. The van der Waals surface area contributed by atoms with Crippen LogP contribution in [0.25, 0.3) is 6.08 Å². The van der Waals surface area contributed by atoms with Gasteiger partial charge >= 0.3 is 12.0 Å². The summed E-state index contributed by atoms with van der Waals surface area (Å²) in [6, 6.07) is 11.6. The molecule has 1 fully saturated rings. The molecule has 3 rings (SSSR count). The highest BCUT2D eigenvalue weighted by molar-refractivity contribution is 6.39. The van der Waals surface area contributed by atoms with Crippen molar-refractivity contribution in [3.8, 4) is 5.75 Å². The van der Waals surface area contributed by atoms with Crippen LogP contribution in [0, 0.1) is 0 Å². The number of benzene rings is 2. The molecule has 8 heteroatoms. The van der Waals surface area contributed by atoms with Crippen LogP contribution in [0.3, 0.4) is 0 Å². The SMILES string of the molecule is COC(=O)c1ccc(N2C(=O)NC(=O)C(=Cc3cccc(OC)c3)C2=O)cc1. The molecule has 142 valence electrons. The van der Waals surface area contributed by atoms with Gasteiger partial charge in [0.05, 0.1) is 25.5 Å². The van der Waals surface area contributed by atoms with Crippen LogP contribution in [0.5, 0.6) is 5.75 Å². The lowest BCUT2D eigenvalue weighted by Gasteiger charge is -2.26. The molecule has 1 aliphatic heterocycles. The summed E-state index contributed by atoms with van der Waals surface area (Å²) in [6.45, 7) is 0. The van der Waals surface area contributed by atoms with E-state index in [0.29, 0.717) is 11.3 Å². The van der Waals surface area contributed by atoms with E-state index in [-0.39, 0.29) is 16.8 Å². The van der Waals surface area contributed by atoms with Gasteiger partial charge < -0.3 is 9.47 Å². The van der Waals surface area contributed by atoms with Gasteiger partial charge in [0.2, 0.25) is 0 Å². The lowest BCUT2D eigenvalue weighted by molar-refractivity contribution is -0.122. The number of amides is 4. The van der Waals surface area contributed by atoms with Crippen molar-refractivity contribution < 1.29 is 28.7 Å². The van der Waals surface area contributed by atoms with E-state index in [9.17, 15) is 19.2 Å². The van der Waals surface area contributed by atoms with E-state index in [1.807, 2.05) is 0 Å². The quantitative estimate of drug-likeness (QED) is 0.495. The monoisotopic (exact) mass is 380 g/mol. The Balaban J connectivity index is 1.95. The molecule has 0 bridgehead atoms. The van der Waals surface area contributed by atoms with Gasteiger partial charge in [-0.3, -0.25) is 14.9 Å². The summed E-state index contributed by atoms with van der Waals surface area (Å²) in [4.78, 5) is 49.6. The zero-order chi connectivity index (χ0) is 20.3. The minimum absolute atomic E-state index is 0.204. The number of nitrogens with one attached hydrogen (secondary N) is 1. The minimum Gasteiger partial charge on any atom is -0.497 e. The van der Waals surface area contributed by atoms with Crippen molar-refractivity contribution in [1.29, 1.82) is 0 Å². The smallest absolute Gasteiger partial charge is 0.337 e. The van der Waals surface area contributed by atoms with Crippen LogP contribution < -0.4 is 15.0 Å². The number of carbonyl (C=O) groups excluding carboxylic acids is 4. The Kier molecular flexibility index (Phi) is 5.21. The molecule has 0 radical (unpaired) electrons. The molecule has 0 aliphatic carbocycles. The van der Waals surface area contributed by atoms with Crippen molar-refractivity contribution in [1.82, 2.24) is 5.32 Å². The number of hydrogen-bond donors (Lipinski definition) is 1. The second-order valence-electron chi connectivity index (χ2n) is 5.77. The highest BCUT2D eigenvalue weighted by atomic mass is 16.5. The average Bonchev–Trinajstić information content (AvgIpc) is 2.71. The van der Waals surface area contributed by atoms with E-state index < -0.39 is 23.8 Å². The van der Waals surface area contributed by atoms with Gasteiger partial charge in [-0.2, -0.15) is 0 Å². The maximum absolute atomic E-state index is 12.8. The molecule has 1 aliphatic rings. The number of anilines is 1. The number of barbiturate groups is 1. The zero-order valence-corrected chi connectivity index (χ0v) is 15.1. The molecule has 2 aromatic carbocycles. The average molecular weight is 380 g/mol. The Labute approximate surface area is 160 Å². The topological polar surface area (TPSA) is 102 Å². The minimum atomic E-state index is -0.872. The van der Waals surface area contributed by atoms with Gasteiger partial charge in [0.1, 0.15) is 11.3 Å². The van der Waals surface area contributed by atoms with Gasteiger partial charge in [-0.15, -0.1) is 0 Å². The van der Waals surface area contributed by atoms with Gasteiger partial charge in [0.25, 0.3) is 11.8 Å². The molecule has 28 heavy (non-hydrogen) atoms. The van der Waals surface area contributed by atoms with Crippen molar-refractivity contribution in [2.24, 2.45) is 0 Å². The number of esters is 1. The molecule has 2 aromatic rings. The highest BCUT2D eigenvalue weighted by Gasteiger charge is 2.36. The fourth-order valence-corrected chi connectivity index (χ4v) is 2.65. The summed E-state index contributed by atoms with van der Waals surface area (Å²) in [5, 5.41) is 2.14. The van der Waals surface area contributed by atoms with Crippen molar-refractivity contribution in [3.63, 3.8) is 0 Å². The Morgan fingerprint density at radius 2 is 1.75 bits per heavy atom. The predicted molar refractivity (Wildman–Crippen MR) is 99.8 cm³/mol. The molecule has 0 saturated carbocycles. The Morgan fingerprint density at radius 3 is 2.39 bits per heavy atom. The standard InChI is InChI=1S/C20H16N2O6/c1-27-15-5-3-4-12(10-15)11-16-17(23)21-20(26)22(18(16)24)14-8-6-13(7-9-14)19(25)28-2/h3-11H,1-2H3,(H,21,23,26). The van der Waals surface area contributed by atoms with Gasteiger partial charge in [-0.25, -0.2) is 14.5 Å². The number of nitrogens with zero attached hydrogens (tertiary/aromatic N) is 1. The number of methoxy groups -OCH3 is 2. The first-order valence-electron chi connectivity index (χ1n) is 8.18. The van der Waals surface area contributed by atoms with Gasteiger partial charge in [0.15, 0.2) is 0 Å². The van der Waals surface area contributed by atoms with Gasteiger partial charge in [0, 0.05) is 0 Å². The second kappa shape index (κ2) is 7.75. The first-order chi connectivity index (χ1) is 13.4. The molecule has 1 N–H and O–H groups in total. The molecule has 0 atom stereocenters. The fourth-order valence-electron chi connectivity index (χ4n) is 2.65. The van der Waals surface area contributed by atoms with Crippen molar-refractivity contribution in [2.75, 3.05) is 19.1 Å². The third-order valence-electron chi connectivity index (χ3n) is 4.05. The molecule has 0 aromatic heterocycles. The lowest BCUT2D eigenvalue weighted by Crippen LogP contribution is -2.54. The van der Waals surface area contributed by atoms with Crippen LogP contribution >= 0.6 is 0 Å². The van der Waals surface area contributed by atoms with Crippen molar-refractivity contribution in [3.05, 3.63) is 65.2 Å². The number of rotatable bonds is 4. The molecular formula is C20H16N2O6. The second-order valence-corrected chi connectivity index (χ2v) is 5.77. The Morgan fingerprint density at radius 1 is 1.04 bits per heavy atom. The van der Waals surface area contributed by atoms with Crippen LogP contribution in [-0.2, 0) is 14.3 Å². The third-order valence-corrected chi connectivity index (χ3v) is 4.05. The van der Waals surface area contributed by atoms with E-state index in [0.717, 1.165) is 4.90 Å². The van der Waals surface area contributed by atoms with Gasteiger partial charge in [-0.05, 0) is 48.0 Å². The number of urea groups is 1. The number of imide groups is 2. The van der Waals surface area contributed by atoms with E-state index in [4.69, 9.17) is 4.74 Å².